The average molecular weight is 1090 g/mol. The van der Waals surface area contributed by atoms with Crippen LogP contribution >= 0.6 is 22.9 Å². The highest BCUT2D eigenvalue weighted by molar-refractivity contribution is 7.93. The highest BCUT2D eigenvalue weighted by atomic mass is 35.5. The molecule has 0 bridgehead atoms. The molecule has 21 nitrogen and oxygen atoms in total. The van der Waals surface area contributed by atoms with E-state index in [4.69, 9.17) is 40.7 Å². The Hall–Kier alpha value is -5.83. The number of carbonyl (C=O) groups is 3. The first-order chi connectivity index (χ1) is 33.7. The molecule has 0 aliphatic heterocycles. The van der Waals surface area contributed by atoms with Gasteiger partial charge in [0.2, 0.25) is 0 Å². The van der Waals surface area contributed by atoms with E-state index in [0.717, 1.165) is 11.3 Å². The number of hydrogen-bond acceptors (Lipinski definition) is 21. The van der Waals surface area contributed by atoms with Crippen LogP contribution in [0.1, 0.15) is 70.5 Å². The van der Waals surface area contributed by atoms with E-state index < -0.39 is 59.6 Å². The first kappa shape index (κ1) is 56.1. The normalized spacial score (nSPS) is 16.2. The molecule has 0 radical (unpaired) electrons. The number of aliphatic carboxylic acids is 1. The van der Waals surface area contributed by atoms with Crippen LogP contribution in [0.5, 0.6) is 5.19 Å². The van der Waals surface area contributed by atoms with Crippen molar-refractivity contribution in [1.29, 1.82) is 0 Å². The van der Waals surface area contributed by atoms with E-state index in [-0.39, 0.29) is 73.0 Å². The van der Waals surface area contributed by atoms with Gasteiger partial charge in [-0.2, -0.15) is 0 Å². The molecule has 0 unspecified atom stereocenters. The Morgan fingerprint density at radius 2 is 1.01 bits per heavy atom. The van der Waals surface area contributed by atoms with Gasteiger partial charge in [0, 0.05) is 30.9 Å². The lowest BCUT2D eigenvalue weighted by Gasteiger charge is -2.11. The van der Waals surface area contributed by atoms with E-state index in [1.165, 1.54) is 100 Å². The molecular formula is C45H52ClN4O17S4-. The zero-order valence-electron chi connectivity index (χ0n) is 39.9. The molecule has 2 atom stereocenters. The summed E-state index contributed by atoms with van der Waals surface area (Å²) in [4.78, 5) is 50.1. The summed E-state index contributed by atoms with van der Waals surface area (Å²) in [6, 6.07) is 17.2. The molecule has 4 aromatic rings. The van der Waals surface area contributed by atoms with E-state index in [9.17, 15) is 44.7 Å². The van der Waals surface area contributed by atoms with Crippen molar-refractivity contribution in [2.24, 2.45) is 15.5 Å². The van der Waals surface area contributed by atoms with Crippen molar-refractivity contribution in [3.63, 3.8) is 0 Å². The maximum Gasteiger partial charge on any atom is 0.368 e. The number of aromatic nitrogens is 1. The zero-order chi connectivity index (χ0) is 52.1. The molecule has 71 heavy (non-hydrogen) atoms. The molecular weight excluding hydrogens is 1030 g/mol. The van der Waals surface area contributed by atoms with Gasteiger partial charge in [0.1, 0.15) is 16.5 Å². The molecule has 1 heterocycles. The number of sulfone groups is 3. The van der Waals surface area contributed by atoms with E-state index in [0.29, 0.717) is 54.0 Å². The van der Waals surface area contributed by atoms with E-state index in [1.54, 1.807) is 13.8 Å². The fourth-order valence-electron chi connectivity index (χ4n) is 6.09. The van der Waals surface area contributed by atoms with Crippen LogP contribution in [0, 0.1) is 0 Å². The van der Waals surface area contributed by atoms with E-state index in [1.807, 2.05) is 0 Å². The number of oxime groups is 3. The summed E-state index contributed by atoms with van der Waals surface area (Å²) < 4.78 is 92.8. The second kappa shape index (κ2) is 25.0. The first-order valence-corrected chi connectivity index (χ1v) is 27.4. The lowest BCUT2D eigenvalue weighted by atomic mass is 10.1. The summed E-state index contributed by atoms with van der Waals surface area (Å²) in [5.74, 6) is -2.86. The number of carbonyl (C=O) groups excluding carboxylic acids is 2. The predicted molar refractivity (Wildman–Crippen MR) is 260 cm³/mol. The standard InChI is InChI=1S/C18H19ClN2O6S2.C15H19NO6S.C12H13NO5S.H/c1-11(10-25-2)27-21-16(17(22)26-18-20-9-15(19)28-18)12-3-5-13(6-4-12)29(23,24)14-7-8-14;1-10(9-21-2)22-16-14(15(17)18)11-3-5-12(6-4-11)23(19,20)13-7-8-13;1-18-12(14)11(13-15)8-2-4-9(5-3-8)19(16,17)10-6-7-10;/h3-6,9,11,14H,7-8,10H2,1-2H3;3-6,10,13H,7-9H2,1-2H3,(H,17,18);2-5,10,15H,6-7H2,1H3;/q;;;-1/b21-16+;16-14+;13-11+;/t11-;10-;;/m11../s1/i;;;1+1. The van der Waals surface area contributed by atoms with Crippen molar-refractivity contribution >= 4 is 87.5 Å². The van der Waals surface area contributed by atoms with Gasteiger partial charge in [-0.25, -0.2) is 44.6 Å². The number of rotatable bonds is 21. The Morgan fingerprint density at radius 1 is 0.648 bits per heavy atom. The van der Waals surface area contributed by atoms with Crippen LogP contribution in [-0.4, -0.2) is 138 Å². The summed E-state index contributed by atoms with van der Waals surface area (Å²) >= 11 is 6.80. The number of ether oxygens (including phenoxy) is 4. The SMILES string of the molecule is COC(=O)/C(=N/O)c1ccc(S(=O)(=O)C2CC2)cc1.COC[C@@H](C)O/N=C(/C(=O)O)c1ccc(S(=O)(=O)C2CC2)cc1.COC[C@@H](C)O/N=C(/C(=O)Oc1ncc(Cl)s1)c1ccc(S(=O)(=O)C2CC2)cc1.[2H-]. The summed E-state index contributed by atoms with van der Waals surface area (Å²) in [7, 11) is -5.71. The summed E-state index contributed by atoms with van der Waals surface area (Å²) in [5.41, 5.74) is 0.230. The number of thiazole rings is 1. The van der Waals surface area contributed by atoms with Crippen LogP contribution < -0.4 is 4.74 Å². The highest BCUT2D eigenvalue weighted by Crippen LogP contribution is 2.35. The number of carboxylic acid groups (broad SMARTS) is 1. The van der Waals surface area contributed by atoms with Crippen LogP contribution in [0.25, 0.3) is 0 Å². The molecule has 2 N–H and O–H groups in total. The van der Waals surface area contributed by atoms with Crippen LogP contribution in [0.15, 0.2) is 109 Å². The maximum absolute atomic E-state index is 12.6. The Balaban J connectivity index is 0.000000238. The second-order valence-electron chi connectivity index (χ2n) is 16.0. The Labute approximate surface area is 420 Å². The topological polar surface area (TPSA) is 299 Å². The molecule has 386 valence electrons. The lowest BCUT2D eigenvalue weighted by Crippen LogP contribution is -2.23. The van der Waals surface area contributed by atoms with Gasteiger partial charge in [0.25, 0.3) is 5.19 Å². The third kappa shape index (κ3) is 15.6. The largest absolute Gasteiger partial charge is 1.00 e. The van der Waals surface area contributed by atoms with Crippen molar-refractivity contribution in [2.75, 3.05) is 34.5 Å². The number of esters is 2. The van der Waals surface area contributed by atoms with Crippen LogP contribution in [0.3, 0.4) is 0 Å². The van der Waals surface area contributed by atoms with Gasteiger partial charge in [-0.1, -0.05) is 74.8 Å². The molecule has 0 saturated heterocycles. The number of methoxy groups -OCH3 is 3. The fourth-order valence-corrected chi connectivity index (χ4v) is 11.8. The van der Waals surface area contributed by atoms with Crippen molar-refractivity contribution < 1.29 is 80.0 Å². The molecule has 3 aliphatic carbocycles. The van der Waals surface area contributed by atoms with Gasteiger partial charge < -0.3 is 40.4 Å². The van der Waals surface area contributed by atoms with Crippen LogP contribution in [0.2, 0.25) is 4.34 Å². The molecule has 0 amide bonds. The molecule has 3 fully saturated rings. The number of nitrogens with zero attached hydrogens (tertiary/aromatic N) is 4. The third-order valence-corrected chi connectivity index (χ3v) is 18.0. The van der Waals surface area contributed by atoms with Crippen molar-refractivity contribution in [1.82, 2.24) is 4.98 Å². The van der Waals surface area contributed by atoms with Gasteiger partial charge in [-0.3, -0.25) is 0 Å². The van der Waals surface area contributed by atoms with Crippen LogP contribution in [0.4, 0.5) is 0 Å². The van der Waals surface area contributed by atoms with Gasteiger partial charge in [-0.15, -0.1) is 0 Å². The molecule has 0 spiro atoms. The van der Waals surface area contributed by atoms with E-state index in [2.05, 4.69) is 25.2 Å². The quantitative estimate of drug-likeness (QED) is 0.0441. The average Bonchev–Trinajstić information content (AvgIpc) is 4.18. The summed E-state index contributed by atoms with van der Waals surface area (Å²) in [6.45, 7) is 3.96. The minimum absolute atomic E-state index is 0. The van der Waals surface area contributed by atoms with Gasteiger partial charge in [0.15, 0.2) is 46.6 Å². The minimum Gasteiger partial charge on any atom is -1.00 e. The molecule has 3 aliphatic rings. The van der Waals surface area contributed by atoms with Crippen molar-refractivity contribution in [3.8, 4) is 5.19 Å². The number of hydrogen-bond donors (Lipinski definition) is 2. The van der Waals surface area contributed by atoms with Crippen molar-refractivity contribution in [2.45, 2.75) is 95.0 Å². The fraction of sp³-hybridized carbons (Fsp3) is 0.400. The smallest absolute Gasteiger partial charge is 0.368 e. The van der Waals surface area contributed by atoms with E-state index >= 15 is 0 Å². The Kier molecular flexibility index (Phi) is 19.8. The lowest BCUT2D eigenvalue weighted by molar-refractivity contribution is -0.133. The Morgan fingerprint density at radius 3 is 1.32 bits per heavy atom. The highest BCUT2D eigenvalue weighted by Gasteiger charge is 2.39. The predicted octanol–water partition coefficient (Wildman–Crippen LogP) is 5.64. The minimum atomic E-state index is -3.33. The summed E-state index contributed by atoms with van der Waals surface area (Å²) in [6.07, 6.45) is 4.63. The zero-order valence-corrected chi connectivity index (χ0v) is 42.9. The molecule has 1 aromatic heterocycles. The number of halogens is 1. The first-order valence-electron chi connectivity index (χ1n) is 21.5. The third-order valence-electron chi connectivity index (χ3n) is 10.2. The molecule has 3 saturated carbocycles. The molecule has 7 rings (SSSR count). The van der Waals surface area contributed by atoms with Gasteiger partial charge in [-0.05, 0) is 88.8 Å². The molecule has 3 aromatic carbocycles. The second-order valence-corrected chi connectivity index (χ2v) is 24.3. The van der Waals surface area contributed by atoms with Crippen molar-refractivity contribution in [3.05, 3.63) is 100 Å². The number of benzene rings is 3. The monoisotopic (exact) mass is 1080 g/mol. The van der Waals surface area contributed by atoms with Crippen LogP contribution in [-0.2, 0) is 67.8 Å². The number of carboxylic acids is 1. The maximum atomic E-state index is 12.6. The Bertz CT molecular complexity index is 2940. The van der Waals surface area contributed by atoms with Gasteiger partial charge in [0.05, 0.1) is 57.0 Å². The van der Waals surface area contributed by atoms with Gasteiger partial charge >= 0.3 is 17.9 Å². The summed E-state index contributed by atoms with van der Waals surface area (Å²) in [5, 5.41) is 27.6. The molecule has 26 heteroatoms.